The second-order valence-corrected chi connectivity index (χ2v) is 5.25. The molecular weight excluding hydrogens is 308 g/mol. The lowest BCUT2D eigenvalue weighted by Crippen LogP contribution is -2.40. The Hall–Kier alpha value is -1.68. The van der Waals surface area contributed by atoms with Gasteiger partial charge in [-0.25, -0.2) is 9.18 Å². The average molecular weight is 316 g/mol. The highest BCUT2D eigenvalue weighted by Gasteiger charge is 2.49. The van der Waals surface area contributed by atoms with E-state index < -0.39 is 39.9 Å². The van der Waals surface area contributed by atoms with Crippen LogP contribution in [0.5, 0.6) is 0 Å². The van der Waals surface area contributed by atoms with Crippen LogP contribution in [0, 0.1) is 5.82 Å². The number of rotatable bonds is 4. The number of hydrogen-bond donors (Lipinski definition) is 1. The quantitative estimate of drug-likeness (QED) is 0.520. The maximum absolute atomic E-state index is 12.6. The van der Waals surface area contributed by atoms with Crippen molar-refractivity contribution >= 4 is 16.1 Å². The summed E-state index contributed by atoms with van der Waals surface area (Å²) >= 11 is 0. The first-order valence-corrected chi connectivity index (χ1v) is 6.48. The van der Waals surface area contributed by atoms with Crippen LogP contribution < -0.4 is 0 Å². The molecule has 112 valence electrons. The average Bonchev–Trinajstić information content (AvgIpc) is 2.26. The van der Waals surface area contributed by atoms with E-state index in [4.69, 9.17) is 4.55 Å². The summed E-state index contributed by atoms with van der Waals surface area (Å²) in [6, 6.07) is 3.66. The van der Waals surface area contributed by atoms with Gasteiger partial charge in [0, 0.05) is 0 Å². The molecule has 1 N–H and O–H groups in total. The van der Waals surface area contributed by atoms with Crippen molar-refractivity contribution in [3.05, 3.63) is 35.6 Å². The molecule has 0 saturated heterocycles. The Bertz CT molecular complexity index is 579. The SMILES string of the molecule is O=C(OCC(C(F)(F)F)S(=O)(=O)O)c1ccc(F)cc1. The summed E-state index contributed by atoms with van der Waals surface area (Å²) in [6.07, 6.45) is -5.29. The van der Waals surface area contributed by atoms with E-state index in [0.717, 1.165) is 24.3 Å². The van der Waals surface area contributed by atoms with Crippen LogP contribution in [-0.2, 0) is 14.9 Å². The van der Waals surface area contributed by atoms with E-state index in [-0.39, 0.29) is 5.56 Å². The van der Waals surface area contributed by atoms with Gasteiger partial charge in [-0.05, 0) is 24.3 Å². The van der Waals surface area contributed by atoms with Crippen LogP contribution in [0.25, 0.3) is 0 Å². The van der Waals surface area contributed by atoms with Crippen LogP contribution in [0.15, 0.2) is 24.3 Å². The summed E-state index contributed by atoms with van der Waals surface area (Å²) in [5.41, 5.74) is -0.261. The fourth-order valence-electron chi connectivity index (χ4n) is 1.17. The van der Waals surface area contributed by atoms with E-state index in [1.54, 1.807) is 0 Å². The fraction of sp³-hybridized carbons (Fsp3) is 0.300. The highest BCUT2D eigenvalue weighted by Crippen LogP contribution is 2.26. The molecule has 1 unspecified atom stereocenters. The minimum Gasteiger partial charge on any atom is -0.460 e. The van der Waals surface area contributed by atoms with E-state index in [1.165, 1.54) is 0 Å². The molecule has 0 aromatic heterocycles. The zero-order valence-corrected chi connectivity index (χ0v) is 10.4. The van der Waals surface area contributed by atoms with Crippen molar-refractivity contribution in [1.82, 2.24) is 0 Å². The van der Waals surface area contributed by atoms with Crippen molar-refractivity contribution in [2.24, 2.45) is 0 Å². The Morgan fingerprint density at radius 3 is 2.15 bits per heavy atom. The van der Waals surface area contributed by atoms with Gasteiger partial charge in [-0.3, -0.25) is 4.55 Å². The van der Waals surface area contributed by atoms with E-state index in [2.05, 4.69) is 4.74 Å². The molecule has 20 heavy (non-hydrogen) atoms. The zero-order valence-electron chi connectivity index (χ0n) is 9.59. The maximum Gasteiger partial charge on any atom is 0.411 e. The molecule has 1 aromatic carbocycles. The Morgan fingerprint density at radius 1 is 1.25 bits per heavy atom. The van der Waals surface area contributed by atoms with Gasteiger partial charge < -0.3 is 4.74 Å². The maximum atomic E-state index is 12.6. The Balaban J connectivity index is 2.79. The number of halogens is 4. The van der Waals surface area contributed by atoms with Crippen LogP contribution in [0.2, 0.25) is 0 Å². The summed E-state index contributed by atoms with van der Waals surface area (Å²) in [5.74, 6) is -1.95. The summed E-state index contributed by atoms with van der Waals surface area (Å²) in [7, 11) is -5.47. The Morgan fingerprint density at radius 2 is 1.75 bits per heavy atom. The van der Waals surface area contributed by atoms with Crippen molar-refractivity contribution in [2.75, 3.05) is 6.61 Å². The Labute approximate surface area is 110 Å². The van der Waals surface area contributed by atoms with Crippen LogP contribution in [0.4, 0.5) is 17.6 Å². The van der Waals surface area contributed by atoms with Crippen molar-refractivity contribution in [1.29, 1.82) is 0 Å². The van der Waals surface area contributed by atoms with Gasteiger partial charge in [0.25, 0.3) is 10.1 Å². The van der Waals surface area contributed by atoms with Crippen molar-refractivity contribution in [2.45, 2.75) is 11.4 Å². The number of carbonyl (C=O) groups is 1. The molecule has 0 fully saturated rings. The van der Waals surface area contributed by atoms with Gasteiger partial charge >= 0.3 is 12.1 Å². The Kier molecular flexibility index (Phi) is 4.71. The second-order valence-electron chi connectivity index (χ2n) is 3.65. The third-order valence-corrected chi connectivity index (χ3v) is 3.29. The molecule has 0 aliphatic rings. The van der Waals surface area contributed by atoms with E-state index in [1.807, 2.05) is 0 Å². The van der Waals surface area contributed by atoms with Gasteiger partial charge in [-0.15, -0.1) is 0 Å². The molecule has 0 radical (unpaired) electrons. The number of carbonyl (C=O) groups excluding carboxylic acids is 1. The normalized spacial score (nSPS) is 13.8. The van der Waals surface area contributed by atoms with Crippen molar-refractivity contribution in [3.63, 3.8) is 0 Å². The predicted molar refractivity (Wildman–Crippen MR) is 58.1 cm³/mol. The van der Waals surface area contributed by atoms with E-state index in [9.17, 15) is 30.8 Å². The summed E-state index contributed by atoms with van der Waals surface area (Å²) in [5, 5.41) is -3.24. The van der Waals surface area contributed by atoms with Gasteiger partial charge in [0.1, 0.15) is 12.4 Å². The van der Waals surface area contributed by atoms with E-state index in [0.29, 0.717) is 0 Å². The summed E-state index contributed by atoms with van der Waals surface area (Å²) < 4.78 is 83.3. The number of alkyl halides is 3. The van der Waals surface area contributed by atoms with Gasteiger partial charge in [0.05, 0.1) is 5.56 Å². The molecule has 0 amide bonds. The zero-order chi connectivity index (χ0) is 15.6. The molecule has 1 atom stereocenters. The van der Waals surface area contributed by atoms with Gasteiger partial charge in [-0.2, -0.15) is 21.6 Å². The largest absolute Gasteiger partial charge is 0.460 e. The molecule has 0 spiro atoms. The number of hydrogen-bond acceptors (Lipinski definition) is 4. The lowest BCUT2D eigenvalue weighted by molar-refractivity contribution is -0.138. The van der Waals surface area contributed by atoms with Crippen LogP contribution in [-0.4, -0.2) is 37.0 Å². The summed E-state index contributed by atoms with van der Waals surface area (Å²) in [4.78, 5) is 11.3. The molecule has 0 saturated carbocycles. The number of esters is 1. The highest BCUT2D eigenvalue weighted by atomic mass is 32.2. The lowest BCUT2D eigenvalue weighted by Gasteiger charge is -2.17. The summed E-state index contributed by atoms with van der Waals surface area (Å²) in [6.45, 7) is -1.60. The second kappa shape index (κ2) is 5.75. The minimum atomic E-state index is -5.47. The first-order chi connectivity index (χ1) is 9.01. The predicted octanol–water partition coefficient (Wildman–Crippen LogP) is 1.80. The van der Waals surface area contributed by atoms with Crippen LogP contribution in [0.1, 0.15) is 10.4 Å². The first-order valence-electron chi connectivity index (χ1n) is 4.97. The number of benzene rings is 1. The standard InChI is InChI=1S/C10H8F4O5S/c11-7-3-1-6(2-4-7)9(15)19-5-8(10(12,13)14)20(16,17)18/h1-4,8H,5H2,(H,16,17,18). The van der Waals surface area contributed by atoms with Gasteiger partial charge in [-0.1, -0.05) is 0 Å². The minimum absolute atomic E-state index is 0.261. The van der Waals surface area contributed by atoms with Crippen molar-refractivity contribution in [3.8, 4) is 0 Å². The molecule has 5 nitrogen and oxygen atoms in total. The first kappa shape index (κ1) is 16.4. The van der Waals surface area contributed by atoms with Gasteiger partial charge in [0.2, 0.25) is 5.25 Å². The molecule has 0 bridgehead atoms. The highest BCUT2D eigenvalue weighted by molar-refractivity contribution is 7.86. The molecular formula is C10H8F4O5S. The van der Waals surface area contributed by atoms with Crippen LogP contribution >= 0.6 is 0 Å². The third kappa shape index (κ3) is 4.46. The smallest absolute Gasteiger partial charge is 0.411 e. The molecule has 0 aliphatic carbocycles. The van der Waals surface area contributed by atoms with E-state index >= 15 is 0 Å². The van der Waals surface area contributed by atoms with Gasteiger partial charge in [0.15, 0.2) is 0 Å². The third-order valence-electron chi connectivity index (χ3n) is 2.17. The molecule has 0 heterocycles. The topological polar surface area (TPSA) is 80.7 Å². The molecule has 0 aliphatic heterocycles. The van der Waals surface area contributed by atoms with Crippen molar-refractivity contribution < 1.29 is 40.1 Å². The number of ether oxygens (including phenoxy) is 1. The molecule has 10 heteroatoms. The lowest BCUT2D eigenvalue weighted by atomic mass is 10.2. The fourth-order valence-corrected chi connectivity index (χ4v) is 1.75. The van der Waals surface area contributed by atoms with Crippen LogP contribution in [0.3, 0.4) is 0 Å². The monoisotopic (exact) mass is 316 g/mol. The molecule has 1 aromatic rings. The molecule has 1 rings (SSSR count).